The predicted molar refractivity (Wildman–Crippen MR) is 87.3 cm³/mol. The zero-order valence-electron chi connectivity index (χ0n) is 12.7. The molecular formula is C18H16N4O. The maximum absolute atomic E-state index is 5.51. The minimum absolute atomic E-state index is 0.0954. The number of para-hydroxylation sites is 1. The second-order valence-electron chi connectivity index (χ2n) is 5.32. The molecule has 4 aromatic rings. The van der Waals surface area contributed by atoms with Crippen molar-refractivity contribution in [3.8, 4) is 17.3 Å². The topological polar surface area (TPSA) is 48.8 Å². The fourth-order valence-electron chi connectivity index (χ4n) is 2.83. The van der Waals surface area contributed by atoms with Gasteiger partial charge in [0.1, 0.15) is 0 Å². The summed E-state index contributed by atoms with van der Waals surface area (Å²) in [7, 11) is 0. The van der Waals surface area contributed by atoms with Crippen LogP contribution in [0.1, 0.15) is 18.5 Å². The fourth-order valence-corrected chi connectivity index (χ4v) is 2.83. The molecule has 0 aliphatic heterocycles. The number of nitrogens with zero attached hydrogens (tertiary/aromatic N) is 4. The molecule has 1 unspecified atom stereocenters. The van der Waals surface area contributed by atoms with Crippen molar-refractivity contribution >= 4 is 0 Å². The number of furan rings is 1. The summed E-state index contributed by atoms with van der Waals surface area (Å²) in [4.78, 5) is 4.44. The molecule has 0 fully saturated rings. The number of imidazole rings is 1. The Hall–Kier alpha value is -3.08. The van der Waals surface area contributed by atoms with Crippen molar-refractivity contribution in [3.63, 3.8) is 0 Å². The molecule has 23 heavy (non-hydrogen) atoms. The lowest BCUT2D eigenvalue weighted by molar-refractivity contribution is 0.560. The third-order valence-electron chi connectivity index (χ3n) is 3.97. The van der Waals surface area contributed by atoms with Crippen LogP contribution in [0.3, 0.4) is 0 Å². The van der Waals surface area contributed by atoms with E-state index in [1.54, 1.807) is 18.7 Å². The lowest BCUT2D eigenvalue weighted by Gasteiger charge is -2.19. The predicted octanol–water partition coefficient (Wildman–Crippen LogP) is 3.94. The highest BCUT2D eigenvalue weighted by atomic mass is 16.3. The molecule has 114 valence electrons. The Morgan fingerprint density at radius 1 is 1.00 bits per heavy atom. The molecule has 1 atom stereocenters. The highest BCUT2D eigenvalue weighted by molar-refractivity contribution is 5.49. The number of hydrogen-bond donors (Lipinski definition) is 0. The van der Waals surface area contributed by atoms with Crippen LogP contribution in [0.5, 0.6) is 0 Å². The van der Waals surface area contributed by atoms with E-state index in [9.17, 15) is 0 Å². The minimum Gasteiger partial charge on any atom is -0.461 e. The second-order valence-corrected chi connectivity index (χ2v) is 5.32. The molecule has 0 N–H and O–H groups in total. The largest absolute Gasteiger partial charge is 0.461 e. The van der Waals surface area contributed by atoms with Gasteiger partial charge >= 0.3 is 0 Å². The molecule has 1 aromatic carbocycles. The Morgan fingerprint density at radius 3 is 2.70 bits per heavy atom. The van der Waals surface area contributed by atoms with Gasteiger partial charge in [-0.2, -0.15) is 5.10 Å². The Bertz CT molecular complexity index is 891. The summed E-state index contributed by atoms with van der Waals surface area (Å²) in [5.41, 5.74) is 2.23. The maximum atomic E-state index is 5.51. The lowest BCUT2D eigenvalue weighted by atomic mass is 10.1. The molecule has 0 aliphatic carbocycles. The Balaban J connectivity index is 1.80. The van der Waals surface area contributed by atoms with Gasteiger partial charge in [0.15, 0.2) is 11.6 Å². The van der Waals surface area contributed by atoms with Crippen LogP contribution in [0.4, 0.5) is 0 Å². The fraction of sp³-hybridized carbons (Fsp3) is 0.111. The third kappa shape index (κ3) is 2.36. The van der Waals surface area contributed by atoms with Crippen molar-refractivity contribution in [1.82, 2.24) is 19.3 Å². The van der Waals surface area contributed by atoms with Crippen molar-refractivity contribution in [1.29, 1.82) is 0 Å². The molecule has 0 amide bonds. The first-order chi connectivity index (χ1) is 11.3. The number of hydrogen-bond acceptors (Lipinski definition) is 3. The zero-order valence-corrected chi connectivity index (χ0v) is 12.7. The van der Waals surface area contributed by atoms with Gasteiger partial charge in [-0.25, -0.2) is 9.67 Å². The number of rotatable bonds is 4. The van der Waals surface area contributed by atoms with E-state index in [4.69, 9.17) is 4.42 Å². The van der Waals surface area contributed by atoms with E-state index in [1.165, 1.54) is 5.56 Å². The highest BCUT2D eigenvalue weighted by Gasteiger charge is 2.18. The Morgan fingerprint density at radius 2 is 1.91 bits per heavy atom. The van der Waals surface area contributed by atoms with Crippen LogP contribution in [0.2, 0.25) is 0 Å². The van der Waals surface area contributed by atoms with Crippen molar-refractivity contribution < 1.29 is 4.42 Å². The van der Waals surface area contributed by atoms with Gasteiger partial charge in [0.2, 0.25) is 0 Å². The summed E-state index contributed by atoms with van der Waals surface area (Å²) in [6.45, 7) is 2.15. The normalized spacial score (nSPS) is 12.4. The van der Waals surface area contributed by atoms with Gasteiger partial charge in [-0.1, -0.05) is 18.2 Å². The van der Waals surface area contributed by atoms with E-state index in [0.717, 1.165) is 17.3 Å². The summed E-state index contributed by atoms with van der Waals surface area (Å²) < 4.78 is 9.50. The Kier molecular flexibility index (Phi) is 3.31. The number of aromatic nitrogens is 4. The van der Waals surface area contributed by atoms with Crippen LogP contribution in [0, 0.1) is 0 Å². The molecule has 4 rings (SSSR count). The van der Waals surface area contributed by atoms with E-state index >= 15 is 0 Å². The molecule has 0 saturated heterocycles. The molecule has 5 heteroatoms. The van der Waals surface area contributed by atoms with Crippen LogP contribution in [-0.2, 0) is 0 Å². The summed E-state index contributed by atoms with van der Waals surface area (Å²) in [5, 5.41) is 4.36. The monoisotopic (exact) mass is 304 g/mol. The second kappa shape index (κ2) is 5.61. The van der Waals surface area contributed by atoms with Crippen molar-refractivity contribution in [2.24, 2.45) is 0 Å². The smallest absolute Gasteiger partial charge is 0.176 e. The van der Waals surface area contributed by atoms with Crippen LogP contribution in [0.15, 0.2) is 77.9 Å². The van der Waals surface area contributed by atoms with E-state index in [0.29, 0.717) is 0 Å². The van der Waals surface area contributed by atoms with Crippen LogP contribution in [-0.4, -0.2) is 19.3 Å². The van der Waals surface area contributed by atoms with E-state index < -0.39 is 0 Å². The highest BCUT2D eigenvalue weighted by Crippen LogP contribution is 2.29. The average Bonchev–Trinajstić information content (AvgIpc) is 3.35. The zero-order chi connectivity index (χ0) is 15.6. The first kappa shape index (κ1) is 13.6. The third-order valence-corrected chi connectivity index (χ3v) is 3.97. The van der Waals surface area contributed by atoms with Gasteiger partial charge in [-0.3, -0.25) is 0 Å². The molecule has 0 spiro atoms. The van der Waals surface area contributed by atoms with Crippen molar-refractivity contribution in [3.05, 3.63) is 79.1 Å². The van der Waals surface area contributed by atoms with E-state index in [-0.39, 0.29) is 6.04 Å². The summed E-state index contributed by atoms with van der Waals surface area (Å²) in [5.74, 6) is 1.58. The van der Waals surface area contributed by atoms with E-state index in [2.05, 4.69) is 33.7 Å². The molecule has 3 heterocycles. The van der Waals surface area contributed by atoms with Crippen molar-refractivity contribution in [2.75, 3.05) is 0 Å². The molecule has 0 radical (unpaired) electrons. The summed E-state index contributed by atoms with van der Waals surface area (Å²) in [6.07, 6.45) is 9.17. The number of benzene rings is 1. The SMILES string of the molecule is CC(c1ccccc1-n1cccn1)n1ccnc1-c1ccco1. The van der Waals surface area contributed by atoms with Crippen molar-refractivity contribution in [2.45, 2.75) is 13.0 Å². The van der Waals surface area contributed by atoms with Gasteiger partial charge in [0.25, 0.3) is 0 Å². The quantitative estimate of drug-likeness (QED) is 0.574. The van der Waals surface area contributed by atoms with Gasteiger partial charge < -0.3 is 8.98 Å². The molecule has 5 nitrogen and oxygen atoms in total. The molecule has 0 aliphatic rings. The van der Waals surface area contributed by atoms with Gasteiger partial charge in [-0.15, -0.1) is 0 Å². The minimum atomic E-state index is 0.0954. The molecular weight excluding hydrogens is 288 g/mol. The standard InChI is InChI=1S/C18H16N4O/c1-14(21-12-10-19-18(21)17-8-4-13-23-17)15-6-2-3-7-16(15)22-11-5-9-20-22/h2-14H,1H3. The van der Waals surface area contributed by atoms with Crippen LogP contribution >= 0.6 is 0 Å². The first-order valence-corrected chi connectivity index (χ1v) is 7.50. The first-order valence-electron chi connectivity index (χ1n) is 7.50. The van der Waals surface area contributed by atoms with Crippen LogP contribution < -0.4 is 0 Å². The average molecular weight is 304 g/mol. The maximum Gasteiger partial charge on any atom is 0.176 e. The molecule has 3 aromatic heterocycles. The van der Waals surface area contributed by atoms with Gasteiger partial charge in [0.05, 0.1) is 18.0 Å². The molecule has 0 saturated carbocycles. The van der Waals surface area contributed by atoms with Crippen LogP contribution in [0.25, 0.3) is 17.3 Å². The molecule has 0 bridgehead atoms. The Labute approximate surface area is 133 Å². The summed E-state index contributed by atoms with van der Waals surface area (Å²) in [6, 6.07) is 14.1. The van der Waals surface area contributed by atoms with E-state index in [1.807, 2.05) is 47.4 Å². The van der Waals surface area contributed by atoms with Gasteiger partial charge in [-0.05, 0) is 31.2 Å². The lowest BCUT2D eigenvalue weighted by Crippen LogP contribution is -2.11. The van der Waals surface area contributed by atoms with Gasteiger partial charge in [0, 0.05) is 30.4 Å². The summed E-state index contributed by atoms with van der Waals surface area (Å²) >= 11 is 0.